The Morgan fingerprint density at radius 3 is 1.65 bits per heavy atom. The van der Waals surface area contributed by atoms with Crippen molar-refractivity contribution in [2.24, 2.45) is 0 Å². The molecule has 1 aromatic carbocycles. The first-order valence-corrected chi connectivity index (χ1v) is 6.45. The molecular formula is C8H7Cl3O5S. The van der Waals surface area contributed by atoms with E-state index in [1.54, 1.807) is 18.2 Å². The zero-order chi connectivity index (χ0) is 13.7. The Morgan fingerprint density at radius 2 is 1.47 bits per heavy atom. The fourth-order valence-electron chi connectivity index (χ4n) is 0.592. The minimum Gasteiger partial charge on any atom is -0.478 e. The average Bonchev–Trinajstić information content (AvgIpc) is 2.17. The van der Waals surface area contributed by atoms with Crippen molar-refractivity contribution in [3.05, 3.63) is 30.3 Å². The maximum Gasteiger partial charge on any atom is 0.356 e. The van der Waals surface area contributed by atoms with Crippen LogP contribution in [0.5, 0.6) is 0 Å². The van der Waals surface area contributed by atoms with Crippen LogP contribution in [0.1, 0.15) is 0 Å². The smallest absolute Gasteiger partial charge is 0.356 e. The monoisotopic (exact) mass is 320 g/mol. The van der Waals surface area contributed by atoms with E-state index in [-0.39, 0.29) is 4.90 Å². The first-order chi connectivity index (χ1) is 7.55. The molecule has 0 saturated heterocycles. The third-order valence-electron chi connectivity index (χ3n) is 1.28. The molecule has 0 bridgehead atoms. The molecule has 0 heterocycles. The lowest BCUT2D eigenvalue weighted by atomic mass is 10.4. The summed E-state index contributed by atoms with van der Waals surface area (Å²) in [5.74, 6) is -1.46. The van der Waals surface area contributed by atoms with Gasteiger partial charge in [-0.15, -0.1) is 0 Å². The Kier molecular flexibility index (Phi) is 6.22. The van der Waals surface area contributed by atoms with Gasteiger partial charge in [0.15, 0.2) is 0 Å². The van der Waals surface area contributed by atoms with Gasteiger partial charge < -0.3 is 5.11 Å². The van der Waals surface area contributed by atoms with Gasteiger partial charge in [0.25, 0.3) is 13.9 Å². The molecule has 0 fully saturated rings. The molecule has 0 aliphatic rings. The highest BCUT2D eigenvalue weighted by Crippen LogP contribution is 2.25. The van der Waals surface area contributed by atoms with Crippen LogP contribution in [-0.4, -0.2) is 27.8 Å². The van der Waals surface area contributed by atoms with Crippen LogP contribution in [0.3, 0.4) is 0 Å². The normalized spacial score (nSPS) is 11.3. The summed E-state index contributed by atoms with van der Waals surface area (Å²) in [5.41, 5.74) is 0. The molecule has 9 heteroatoms. The average molecular weight is 322 g/mol. The Morgan fingerprint density at radius 1 is 1.12 bits per heavy atom. The predicted molar refractivity (Wildman–Crippen MR) is 64.2 cm³/mol. The third-order valence-corrected chi connectivity index (χ3v) is 2.64. The van der Waals surface area contributed by atoms with Gasteiger partial charge in [-0.1, -0.05) is 53.0 Å². The molecule has 0 unspecified atom stereocenters. The van der Waals surface area contributed by atoms with Crippen molar-refractivity contribution in [2.75, 3.05) is 0 Å². The van der Waals surface area contributed by atoms with Gasteiger partial charge in [-0.05, 0) is 12.1 Å². The van der Waals surface area contributed by atoms with Crippen LogP contribution in [-0.2, 0) is 14.9 Å². The van der Waals surface area contributed by atoms with Crippen molar-refractivity contribution >= 4 is 50.9 Å². The lowest BCUT2D eigenvalue weighted by Crippen LogP contribution is -2.16. The van der Waals surface area contributed by atoms with Crippen LogP contribution in [0, 0.1) is 0 Å². The number of carbonyl (C=O) groups is 1. The van der Waals surface area contributed by atoms with Crippen LogP contribution in [0.2, 0.25) is 0 Å². The molecule has 0 radical (unpaired) electrons. The predicted octanol–water partition coefficient (Wildman–Crippen LogP) is 2.37. The van der Waals surface area contributed by atoms with Crippen molar-refractivity contribution in [3.8, 4) is 0 Å². The first-order valence-electron chi connectivity index (χ1n) is 3.88. The summed E-state index contributed by atoms with van der Waals surface area (Å²) in [6.07, 6.45) is 0. The van der Waals surface area contributed by atoms with E-state index in [1.165, 1.54) is 12.1 Å². The minimum atomic E-state index is -4.00. The second-order valence-corrected chi connectivity index (χ2v) is 6.29. The topological polar surface area (TPSA) is 91.7 Å². The van der Waals surface area contributed by atoms with Gasteiger partial charge in [0, 0.05) is 0 Å². The molecule has 0 atom stereocenters. The molecule has 2 N–H and O–H groups in total. The van der Waals surface area contributed by atoms with E-state index in [0.29, 0.717) is 0 Å². The SMILES string of the molecule is O=C(O)C(Cl)(Cl)Cl.O=S(=O)(O)c1ccccc1. The van der Waals surface area contributed by atoms with E-state index in [2.05, 4.69) is 0 Å². The van der Waals surface area contributed by atoms with Gasteiger partial charge in [0.1, 0.15) is 0 Å². The van der Waals surface area contributed by atoms with E-state index in [4.69, 9.17) is 44.5 Å². The van der Waals surface area contributed by atoms with Crippen LogP contribution >= 0.6 is 34.8 Å². The number of hydrogen-bond donors (Lipinski definition) is 2. The lowest BCUT2D eigenvalue weighted by Gasteiger charge is -1.99. The minimum absolute atomic E-state index is 0.0741. The van der Waals surface area contributed by atoms with Gasteiger partial charge in [-0.3, -0.25) is 4.55 Å². The van der Waals surface area contributed by atoms with Gasteiger partial charge in [0.05, 0.1) is 4.90 Å². The molecule has 0 amide bonds. The summed E-state index contributed by atoms with van der Waals surface area (Å²) in [4.78, 5) is 9.55. The number of alkyl halides is 3. The Hall–Kier alpha value is -0.530. The molecule has 0 aliphatic heterocycles. The quantitative estimate of drug-likeness (QED) is 0.612. The zero-order valence-electron chi connectivity index (χ0n) is 8.05. The Balaban J connectivity index is 0.000000325. The molecule has 0 spiro atoms. The molecular weight excluding hydrogens is 315 g/mol. The number of aliphatic carboxylic acids is 1. The van der Waals surface area contributed by atoms with Crippen molar-refractivity contribution < 1.29 is 22.9 Å². The molecule has 0 saturated carbocycles. The number of hydrogen-bond acceptors (Lipinski definition) is 3. The van der Waals surface area contributed by atoms with Crippen LogP contribution in [0.15, 0.2) is 35.2 Å². The number of benzene rings is 1. The van der Waals surface area contributed by atoms with Gasteiger partial charge in [-0.2, -0.15) is 8.42 Å². The third kappa shape index (κ3) is 7.40. The highest BCUT2D eigenvalue weighted by molar-refractivity contribution is 7.85. The zero-order valence-corrected chi connectivity index (χ0v) is 11.1. The fraction of sp³-hybridized carbons (Fsp3) is 0.125. The highest BCUT2D eigenvalue weighted by atomic mass is 35.6. The van der Waals surface area contributed by atoms with Crippen molar-refractivity contribution in [3.63, 3.8) is 0 Å². The number of halogens is 3. The first kappa shape index (κ1) is 16.5. The largest absolute Gasteiger partial charge is 0.478 e. The standard InChI is InChI=1S/C6H6O3S.C2HCl3O2/c7-10(8,9)6-4-2-1-3-5-6;3-2(4,5)1(6)7/h1-5H,(H,7,8,9);(H,6,7). The van der Waals surface area contributed by atoms with Crippen LogP contribution in [0.4, 0.5) is 0 Å². The van der Waals surface area contributed by atoms with E-state index in [0.717, 1.165) is 0 Å². The van der Waals surface area contributed by atoms with Crippen molar-refractivity contribution in [1.29, 1.82) is 0 Å². The summed E-state index contributed by atoms with van der Waals surface area (Å²) in [6.45, 7) is 0. The van der Waals surface area contributed by atoms with Crippen molar-refractivity contribution in [1.82, 2.24) is 0 Å². The second-order valence-electron chi connectivity index (χ2n) is 2.59. The second kappa shape index (κ2) is 6.42. The van der Waals surface area contributed by atoms with Gasteiger partial charge >= 0.3 is 5.97 Å². The Labute approximate surface area is 113 Å². The maximum absolute atomic E-state index is 10.4. The molecule has 1 rings (SSSR count). The van der Waals surface area contributed by atoms with E-state index in [1.807, 2.05) is 0 Å². The molecule has 1 aromatic rings. The van der Waals surface area contributed by atoms with E-state index in [9.17, 15) is 13.2 Å². The summed E-state index contributed by atoms with van der Waals surface area (Å²) in [5, 5.41) is 7.85. The summed E-state index contributed by atoms with van der Waals surface area (Å²) in [7, 11) is -4.00. The van der Waals surface area contributed by atoms with Gasteiger partial charge in [0.2, 0.25) is 0 Å². The molecule has 5 nitrogen and oxygen atoms in total. The number of carboxylic acids is 1. The van der Waals surface area contributed by atoms with E-state index >= 15 is 0 Å². The fourth-order valence-corrected chi connectivity index (χ4v) is 1.09. The summed E-state index contributed by atoms with van der Waals surface area (Å²) >= 11 is 14.4. The van der Waals surface area contributed by atoms with E-state index < -0.39 is 19.9 Å². The molecule has 0 aliphatic carbocycles. The van der Waals surface area contributed by atoms with Crippen LogP contribution in [0.25, 0.3) is 0 Å². The van der Waals surface area contributed by atoms with Crippen molar-refractivity contribution in [2.45, 2.75) is 8.69 Å². The highest BCUT2D eigenvalue weighted by Gasteiger charge is 2.29. The number of rotatable bonds is 1. The number of carboxylic acid groups (broad SMARTS) is 1. The Bertz CT molecular complexity index is 466. The molecule has 0 aromatic heterocycles. The molecule has 17 heavy (non-hydrogen) atoms. The lowest BCUT2D eigenvalue weighted by molar-refractivity contribution is -0.135. The molecule has 96 valence electrons. The van der Waals surface area contributed by atoms with Crippen LogP contribution < -0.4 is 0 Å². The summed E-state index contributed by atoms with van der Waals surface area (Å²) < 4.78 is 27.1. The van der Waals surface area contributed by atoms with Gasteiger partial charge in [-0.25, -0.2) is 4.79 Å². The summed E-state index contributed by atoms with van der Waals surface area (Å²) in [6, 6.07) is 7.42. The maximum atomic E-state index is 10.4.